The number of nitrogens with one attached hydrogen (secondary N) is 1. The minimum atomic E-state index is -0.421. The fourth-order valence-electron chi connectivity index (χ4n) is 2.68. The second-order valence-corrected chi connectivity index (χ2v) is 5.61. The monoisotopic (exact) mass is 283 g/mol. The van der Waals surface area contributed by atoms with Crippen LogP contribution in [0.15, 0.2) is 18.2 Å². The van der Waals surface area contributed by atoms with Gasteiger partial charge >= 0.3 is 0 Å². The molecule has 1 aromatic carbocycles. The summed E-state index contributed by atoms with van der Waals surface area (Å²) >= 11 is 0. The number of rotatable bonds is 9. The van der Waals surface area contributed by atoms with Crippen LogP contribution in [-0.4, -0.2) is 13.1 Å². The molecular formula is C17H27F2N. The summed E-state index contributed by atoms with van der Waals surface area (Å²) in [6.45, 7) is 8.02. The van der Waals surface area contributed by atoms with E-state index in [-0.39, 0.29) is 11.0 Å². The van der Waals surface area contributed by atoms with Crippen LogP contribution in [0.4, 0.5) is 8.78 Å². The third-order valence-electron chi connectivity index (χ3n) is 4.17. The molecule has 0 saturated heterocycles. The molecule has 0 bridgehead atoms. The molecule has 0 radical (unpaired) electrons. The fraction of sp³-hybridized carbons (Fsp3) is 0.647. The summed E-state index contributed by atoms with van der Waals surface area (Å²) in [4.78, 5) is 0. The van der Waals surface area contributed by atoms with Crippen LogP contribution in [0.25, 0.3) is 0 Å². The third-order valence-corrected chi connectivity index (χ3v) is 4.17. The van der Waals surface area contributed by atoms with Crippen molar-refractivity contribution in [3.8, 4) is 0 Å². The van der Waals surface area contributed by atoms with Crippen molar-refractivity contribution in [2.45, 2.75) is 52.9 Å². The van der Waals surface area contributed by atoms with E-state index in [1.54, 1.807) is 0 Å². The Morgan fingerprint density at radius 1 is 1.10 bits per heavy atom. The Morgan fingerprint density at radius 3 is 2.25 bits per heavy atom. The average molecular weight is 283 g/mol. The minimum absolute atomic E-state index is 0.0605. The van der Waals surface area contributed by atoms with Crippen LogP contribution in [0.3, 0.4) is 0 Å². The minimum Gasteiger partial charge on any atom is -0.316 e. The predicted octanol–water partition coefficient (Wildman–Crippen LogP) is 4.70. The first-order valence-electron chi connectivity index (χ1n) is 7.72. The summed E-state index contributed by atoms with van der Waals surface area (Å²) in [5.74, 6) is -0.841. The van der Waals surface area contributed by atoms with E-state index in [1.165, 1.54) is 18.2 Å². The van der Waals surface area contributed by atoms with Gasteiger partial charge in [-0.2, -0.15) is 0 Å². The van der Waals surface area contributed by atoms with Crippen LogP contribution in [0, 0.1) is 17.0 Å². The lowest BCUT2D eigenvalue weighted by Gasteiger charge is -2.34. The molecule has 0 aromatic heterocycles. The lowest BCUT2D eigenvalue weighted by atomic mass is 9.75. The lowest BCUT2D eigenvalue weighted by molar-refractivity contribution is 0.225. The molecule has 0 heterocycles. The molecule has 114 valence electrons. The zero-order chi connectivity index (χ0) is 15.0. The Bertz CT molecular complexity index is 376. The first-order valence-corrected chi connectivity index (χ1v) is 7.72. The SMILES string of the molecule is CCCCC(CC)(CNCC)Cc1c(F)cccc1F. The van der Waals surface area contributed by atoms with Gasteiger partial charge in [0.25, 0.3) is 0 Å². The van der Waals surface area contributed by atoms with Crippen molar-refractivity contribution in [3.05, 3.63) is 35.4 Å². The van der Waals surface area contributed by atoms with Gasteiger partial charge in [-0.05, 0) is 43.4 Å². The Labute approximate surface area is 121 Å². The van der Waals surface area contributed by atoms with Gasteiger partial charge in [0.2, 0.25) is 0 Å². The molecular weight excluding hydrogens is 256 g/mol. The number of hydrogen-bond donors (Lipinski definition) is 1. The quantitative estimate of drug-likeness (QED) is 0.692. The van der Waals surface area contributed by atoms with Gasteiger partial charge in [-0.1, -0.05) is 39.7 Å². The maximum Gasteiger partial charge on any atom is 0.129 e. The maximum atomic E-state index is 13.9. The molecule has 1 rings (SSSR count). The summed E-state index contributed by atoms with van der Waals surface area (Å²) < 4.78 is 27.8. The molecule has 1 unspecified atom stereocenters. The molecule has 1 nitrogen and oxygen atoms in total. The van der Waals surface area contributed by atoms with Gasteiger partial charge in [-0.25, -0.2) is 8.78 Å². The fourth-order valence-corrected chi connectivity index (χ4v) is 2.68. The zero-order valence-corrected chi connectivity index (χ0v) is 12.9. The Balaban J connectivity index is 2.97. The number of unbranched alkanes of at least 4 members (excludes halogenated alkanes) is 1. The van der Waals surface area contributed by atoms with Gasteiger partial charge in [-0.15, -0.1) is 0 Å². The lowest BCUT2D eigenvalue weighted by Crippen LogP contribution is -2.36. The van der Waals surface area contributed by atoms with Crippen LogP contribution in [0.5, 0.6) is 0 Å². The van der Waals surface area contributed by atoms with Gasteiger partial charge in [0.1, 0.15) is 11.6 Å². The van der Waals surface area contributed by atoms with Gasteiger partial charge in [0.05, 0.1) is 0 Å². The van der Waals surface area contributed by atoms with Gasteiger partial charge in [0, 0.05) is 12.1 Å². The molecule has 1 atom stereocenters. The van der Waals surface area contributed by atoms with Gasteiger partial charge in [0.15, 0.2) is 0 Å². The highest BCUT2D eigenvalue weighted by molar-refractivity contribution is 5.21. The second kappa shape index (κ2) is 8.35. The highest BCUT2D eigenvalue weighted by Crippen LogP contribution is 2.34. The Kier molecular flexibility index (Phi) is 7.14. The van der Waals surface area contributed by atoms with E-state index in [0.29, 0.717) is 6.42 Å². The first kappa shape index (κ1) is 17.1. The molecule has 1 aromatic rings. The van der Waals surface area contributed by atoms with Crippen molar-refractivity contribution in [2.24, 2.45) is 5.41 Å². The maximum absolute atomic E-state index is 13.9. The molecule has 20 heavy (non-hydrogen) atoms. The van der Waals surface area contributed by atoms with E-state index >= 15 is 0 Å². The van der Waals surface area contributed by atoms with Gasteiger partial charge in [-0.3, -0.25) is 0 Å². The van der Waals surface area contributed by atoms with Crippen LogP contribution < -0.4 is 5.32 Å². The smallest absolute Gasteiger partial charge is 0.129 e. The Hall–Kier alpha value is -0.960. The summed E-state index contributed by atoms with van der Waals surface area (Å²) in [5.41, 5.74) is 0.179. The molecule has 0 fully saturated rings. The third kappa shape index (κ3) is 4.55. The van der Waals surface area contributed by atoms with Crippen molar-refractivity contribution >= 4 is 0 Å². The average Bonchev–Trinajstić information content (AvgIpc) is 2.45. The highest BCUT2D eigenvalue weighted by atomic mass is 19.1. The van der Waals surface area contributed by atoms with Crippen LogP contribution >= 0.6 is 0 Å². The molecule has 0 aliphatic heterocycles. The summed E-state index contributed by atoms with van der Waals surface area (Å²) in [7, 11) is 0. The van der Waals surface area contributed by atoms with Crippen LogP contribution in [-0.2, 0) is 6.42 Å². The number of hydrogen-bond acceptors (Lipinski definition) is 1. The molecule has 0 aliphatic rings. The van der Waals surface area contributed by atoms with E-state index in [9.17, 15) is 8.78 Å². The van der Waals surface area contributed by atoms with Crippen LogP contribution in [0.2, 0.25) is 0 Å². The van der Waals surface area contributed by atoms with Crippen molar-refractivity contribution in [3.63, 3.8) is 0 Å². The largest absolute Gasteiger partial charge is 0.316 e. The van der Waals surface area contributed by atoms with Crippen molar-refractivity contribution in [1.29, 1.82) is 0 Å². The molecule has 0 spiro atoms. The van der Waals surface area contributed by atoms with Gasteiger partial charge < -0.3 is 5.32 Å². The van der Waals surface area contributed by atoms with E-state index in [0.717, 1.165) is 38.8 Å². The molecule has 0 amide bonds. The van der Waals surface area contributed by atoms with E-state index < -0.39 is 11.6 Å². The number of benzene rings is 1. The summed E-state index contributed by atoms with van der Waals surface area (Å²) in [6.07, 6.45) is 4.59. The van der Waals surface area contributed by atoms with Crippen LogP contribution in [0.1, 0.15) is 52.0 Å². The normalized spacial score (nSPS) is 14.2. The standard InChI is InChI=1S/C17H27F2N/c1-4-7-11-17(5-2,13-20-6-3)12-14-15(18)9-8-10-16(14)19/h8-10,20H,4-7,11-13H2,1-3H3. The molecule has 1 N–H and O–H groups in total. The summed E-state index contributed by atoms with van der Waals surface area (Å²) in [6, 6.07) is 4.13. The first-order chi connectivity index (χ1) is 9.58. The summed E-state index contributed by atoms with van der Waals surface area (Å²) in [5, 5.41) is 3.36. The highest BCUT2D eigenvalue weighted by Gasteiger charge is 2.29. The van der Waals surface area contributed by atoms with E-state index in [4.69, 9.17) is 0 Å². The van der Waals surface area contributed by atoms with E-state index in [1.807, 2.05) is 0 Å². The topological polar surface area (TPSA) is 12.0 Å². The van der Waals surface area contributed by atoms with E-state index in [2.05, 4.69) is 26.1 Å². The predicted molar refractivity (Wildman–Crippen MR) is 80.9 cm³/mol. The second-order valence-electron chi connectivity index (χ2n) is 5.61. The zero-order valence-electron chi connectivity index (χ0n) is 12.9. The van der Waals surface area contributed by atoms with Crippen molar-refractivity contribution in [1.82, 2.24) is 5.32 Å². The van der Waals surface area contributed by atoms with Crippen molar-refractivity contribution < 1.29 is 8.78 Å². The van der Waals surface area contributed by atoms with Crippen molar-refractivity contribution in [2.75, 3.05) is 13.1 Å². The molecule has 0 aliphatic carbocycles. The number of halogens is 2. The molecule has 3 heteroatoms. The molecule has 0 saturated carbocycles. The Morgan fingerprint density at radius 2 is 1.75 bits per heavy atom.